The zero-order chi connectivity index (χ0) is 19.8. The van der Waals surface area contributed by atoms with Gasteiger partial charge in [0.05, 0.1) is 24.5 Å². The quantitative estimate of drug-likeness (QED) is 0.624. The topological polar surface area (TPSA) is 98.7 Å². The molecular weight excluding hydrogens is 334 g/mol. The standard InChI is InChI=1S/C19H31N3O4/c1-10-7-8-12-14(13(10)16(24)20-6)18(26)22(11(2)9-23)15(12)17(25)21-19(3,4)5/h7-8,10-15,23H,9H2,1-6H3,(H,20,24)(H,21,25)/t10-,11-,12+,13-,14+,15+/m1/s1. The van der Waals surface area contributed by atoms with Crippen LogP contribution in [0, 0.1) is 23.7 Å². The molecule has 3 N–H and O–H groups in total. The number of rotatable bonds is 4. The SMILES string of the molecule is CNC(=O)[C@H]1[C@H]2C(=O)N([C@H](C)CO)[C@H](C(=O)NC(C)(C)C)[C@H]2C=C[C@H]1C. The first-order valence-electron chi connectivity index (χ1n) is 9.18. The van der Waals surface area contributed by atoms with Gasteiger partial charge in [0.2, 0.25) is 17.7 Å². The summed E-state index contributed by atoms with van der Waals surface area (Å²) in [6, 6.07) is -1.23. The molecule has 2 rings (SSSR count). The van der Waals surface area contributed by atoms with E-state index in [0.29, 0.717) is 0 Å². The Hall–Kier alpha value is -1.89. The third kappa shape index (κ3) is 3.63. The number of aliphatic hydroxyl groups is 1. The van der Waals surface area contributed by atoms with E-state index in [-0.39, 0.29) is 30.2 Å². The van der Waals surface area contributed by atoms with E-state index >= 15 is 0 Å². The second-order valence-corrected chi connectivity index (χ2v) is 8.45. The summed E-state index contributed by atoms with van der Waals surface area (Å²) in [5, 5.41) is 15.2. The number of fused-ring (bicyclic) bond motifs is 1. The molecule has 0 aromatic carbocycles. The van der Waals surface area contributed by atoms with Crippen LogP contribution >= 0.6 is 0 Å². The van der Waals surface area contributed by atoms with Gasteiger partial charge in [-0.3, -0.25) is 14.4 Å². The van der Waals surface area contributed by atoms with E-state index in [1.165, 1.54) is 4.90 Å². The molecule has 0 aromatic heterocycles. The lowest BCUT2D eigenvalue weighted by atomic mass is 9.70. The van der Waals surface area contributed by atoms with E-state index < -0.39 is 35.4 Å². The Kier molecular flexibility index (Phi) is 5.80. The molecule has 0 saturated carbocycles. The first-order chi connectivity index (χ1) is 12.0. The second-order valence-electron chi connectivity index (χ2n) is 8.45. The smallest absolute Gasteiger partial charge is 0.243 e. The summed E-state index contributed by atoms with van der Waals surface area (Å²) in [6.07, 6.45) is 3.81. The van der Waals surface area contributed by atoms with E-state index in [0.717, 1.165) is 0 Å². The molecule has 0 bridgehead atoms. The fraction of sp³-hybridized carbons (Fsp3) is 0.737. The van der Waals surface area contributed by atoms with Crippen molar-refractivity contribution in [3.63, 3.8) is 0 Å². The highest BCUT2D eigenvalue weighted by Crippen LogP contribution is 2.44. The number of nitrogens with one attached hydrogen (secondary N) is 2. The number of allylic oxidation sites excluding steroid dienone is 1. The van der Waals surface area contributed by atoms with Crippen LogP contribution in [0.2, 0.25) is 0 Å². The maximum absolute atomic E-state index is 13.2. The van der Waals surface area contributed by atoms with E-state index in [9.17, 15) is 19.5 Å². The monoisotopic (exact) mass is 365 g/mol. The Morgan fingerprint density at radius 2 is 1.88 bits per heavy atom. The van der Waals surface area contributed by atoms with Crippen molar-refractivity contribution in [3.8, 4) is 0 Å². The van der Waals surface area contributed by atoms with Crippen molar-refractivity contribution in [1.29, 1.82) is 0 Å². The highest BCUT2D eigenvalue weighted by molar-refractivity contribution is 5.97. The van der Waals surface area contributed by atoms with Gasteiger partial charge in [-0.2, -0.15) is 0 Å². The van der Waals surface area contributed by atoms with E-state index in [1.54, 1.807) is 14.0 Å². The average Bonchev–Trinajstić information content (AvgIpc) is 2.85. The third-order valence-corrected chi connectivity index (χ3v) is 5.26. The third-order valence-electron chi connectivity index (χ3n) is 5.26. The zero-order valence-electron chi connectivity index (χ0n) is 16.4. The van der Waals surface area contributed by atoms with Crippen molar-refractivity contribution in [1.82, 2.24) is 15.5 Å². The largest absolute Gasteiger partial charge is 0.394 e. The van der Waals surface area contributed by atoms with Crippen molar-refractivity contribution in [2.24, 2.45) is 23.7 Å². The van der Waals surface area contributed by atoms with E-state index in [2.05, 4.69) is 10.6 Å². The lowest BCUT2D eigenvalue weighted by molar-refractivity contribution is -0.143. The molecule has 26 heavy (non-hydrogen) atoms. The number of hydrogen-bond acceptors (Lipinski definition) is 4. The Morgan fingerprint density at radius 1 is 1.27 bits per heavy atom. The molecule has 6 atom stereocenters. The highest BCUT2D eigenvalue weighted by atomic mass is 16.3. The summed E-state index contributed by atoms with van der Waals surface area (Å²) in [4.78, 5) is 40.1. The summed E-state index contributed by atoms with van der Waals surface area (Å²) >= 11 is 0. The average molecular weight is 365 g/mol. The Labute approximate surface area is 155 Å². The van der Waals surface area contributed by atoms with Gasteiger partial charge in [0.1, 0.15) is 6.04 Å². The predicted molar refractivity (Wildman–Crippen MR) is 97.9 cm³/mol. The molecule has 146 valence electrons. The van der Waals surface area contributed by atoms with Crippen LogP contribution in [0.4, 0.5) is 0 Å². The number of carbonyl (C=O) groups excluding carboxylic acids is 3. The Bertz CT molecular complexity index is 610. The van der Waals surface area contributed by atoms with Crippen molar-refractivity contribution in [3.05, 3.63) is 12.2 Å². The van der Waals surface area contributed by atoms with Crippen molar-refractivity contribution in [2.75, 3.05) is 13.7 Å². The van der Waals surface area contributed by atoms with Crippen LogP contribution in [0.15, 0.2) is 12.2 Å². The molecule has 7 heteroatoms. The van der Waals surface area contributed by atoms with Crippen LogP contribution in [-0.2, 0) is 14.4 Å². The lowest BCUT2D eigenvalue weighted by Gasteiger charge is -2.34. The molecule has 1 aliphatic heterocycles. The lowest BCUT2D eigenvalue weighted by Crippen LogP contribution is -2.55. The van der Waals surface area contributed by atoms with Gasteiger partial charge in [-0.25, -0.2) is 0 Å². The molecule has 7 nitrogen and oxygen atoms in total. The van der Waals surface area contributed by atoms with Crippen LogP contribution in [0.25, 0.3) is 0 Å². The van der Waals surface area contributed by atoms with Gasteiger partial charge in [0.15, 0.2) is 0 Å². The van der Waals surface area contributed by atoms with Gasteiger partial charge < -0.3 is 20.6 Å². The number of hydrogen-bond donors (Lipinski definition) is 3. The van der Waals surface area contributed by atoms with E-state index in [4.69, 9.17) is 0 Å². The maximum atomic E-state index is 13.2. The number of aliphatic hydroxyl groups excluding tert-OH is 1. The minimum absolute atomic E-state index is 0.101. The number of amides is 3. The predicted octanol–water partition coefficient (Wildman–Crippen LogP) is 0.293. The maximum Gasteiger partial charge on any atom is 0.243 e. The molecule has 1 heterocycles. The summed E-state index contributed by atoms with van der Waals surface area (Å²) in [6.45, 7) is 9.02. The summed E-state index contributed by atoms with van der Waals surface area (Å²) < 4.78 is 0. The van der Waals surface area contributed by atoms with Crippen LogP contribution in [0.3, 0.4) is 0 Å². The Balaban J connectivity index is 2.48. The minimum atomic E-state index is -0.732. The summed E-state index contributed by atoms with van der Waals surface area (Å²) in [7, 11) is 1.56. The van der Waals surface area contributed by atoms with Gasteiger partial charge >= 0.3 is 0 Å². The fourth-order valence-corrected chi connectivity index (χ4v) is 4.12. The van der Waals surface area contributed by atoms with E-state index in [1.807, 2.05) is 39.8 Å². The summed E-state index contributed by atoms with van der Waals surface area (Å²) in [5.74, 6) is -2.31. The zero-order valence-corrected chi connectivity index (χ0v) is 16.4. The minimum Gasteiger partial charge on any atom is -0.394 e. The van der Waals surface area contributed by atoms with Crippen LogP contribution in [0.1, 0.15) is 34.6 Å². The van der Waals surface area contributed by atoms with Crippen LogP contribution < -0.4 is 10.6 Å². The highest BCUT2D eigenvalue weighted by Gasteiger charge is 2.57. The first-order valence-corrected chi connectivity index (χ1v) is 9.18. The molecule has 1 fully saturated rings. The number of nitrogens with zero attached hydrogens (tertiary/aromatic N) is 1. The van der Waals surface area contributed by atoms with Crippen LogP contribution in [-0.4, -0.2) is 59.0 Å². The van der Waals surface area contributed by atoms with Gasteiger partial charge in [0.25, 0.3) is 0 Å². The molecule has 3 amide bonds. The molecule has 0 radical (unpaired) electrons. The molecule has 0 spiro atoms. The second kappa shape index (κ2) is 7.39. The van der Waals surface area contributed by atoms with Crippen LogP contribution in [0.5, 0.6) is 0 Å². The molecule has 2 aliphatic rings. The van der Waals surface area contributed by atoms with Crippen molar-refractivity contribution < 1.29 is 19.5 Å². The molecule has 1 saturated heterocycles. The molecule has 0 unspecified atom stereocenters. The van der Waals surface area contributed by atoms with Gasteiger partial charge in [-0.1, -0.05) is 19.1 Å². The fourth-order valence-electron chi connectivity index (χ4n) is 4.12. The molecule has 0 aromatic rings. The molecule has 1 aliphatic carbocycles. The Morgan fingerprint density at radius 3 is 2.38 bits per heavy atom. The first kappa shape index (κ1) is 20.4. The van der Waals surface area contributed by atoms with Gasteiger partial charge in [-0.05, 0) is 33.6 Å². The van der Waals surface area contributed by atoms with Gasteiger partial charge in [0, 0.05) is 18.5 Å². The molecular formula is C19H31N3O4. The number of carbonyl (C=O) groups is 3. The van der Waals surface area contributed by atoms with Crippen molar-refractivity contribution in [2.45, 2.75) is 52.2 Å². The number of likely N-dealkylation sites (tertiary alicyclic amines) is 1. The normalized spacial score (nSPS) is 32.2. The summed E-state index contributed by atoms with van der Waals surface area (Å²) in [5.41, 5.74) is -0.446. The van der Waals surface area contributed by atoms with Crippen molar-refractivity contribution >= 4 is 17.7 Å². The van der Waals surface area contributed by atoms with Gasteiger partial charge in [-0.15, -0.1) is 0 Å².